The van der Waals surface area contributed by atoms with Crippen molar-refractivity contribution in [1.82, 2.24) is 0 Å². The van der Waals surface area contributed by atoms with Crippen LogP contribution in [0, 0.1) is 0 Å². The molecule has 0 aliphatic carbocycles. The fourth-order valence-electron chi connectivity index (χ4n) is 7.37. The number of rotatable bonds is 48. The zero-order valence-corrected chi connectivity index (χ0v) is 42.5. The molecule has 0 rings (SSSR count). The van der Waals surface area contributed by atoms with Crippen LogP contribution in [-0.2, 0) is 28.6 Å². The predicted octanol–water partition coefficient (Wildman–Crippen LogP) is 18.0. The Morgan fingerprint density at radius 3 is 1.11 bits per heavy atom. The van der Waals surface area contributed by atoms with Gasteiger partial charge in [-0.15, -0.1) is 0 Å². The highest BCUT2D eigenvalue weighted by atomic mass is 16.6. The fourth-order valence-corrected chi connectivity index (χ4v) is 7.37. The summed E-state index contributed by atoms with van der Waals surface area (Å²) in [6, 6.07) is 0. The summed E-state index contributed by atoms with van der Waals surface area (Å²) in [5, 5.41) is 0. The molecule has 0 fully saturated rings. The number of esters is 3. The number of hydrogen-bond acceptors (Lipinski definition) is 6. The molecule has 6 heteroatoms. The van der Waals surface area contributed by atoms with Crippen LogP contribution in [0.15, 0.2) is 85.1 Å². The molecule has 0 aromatic heterocycles. The number of unbranched alkanes of at least 4 members (excludes halogenated alkanes) is 26. The molecule has 0 heterocycles. The SMILES string of the molecule is CC/C=C\C/C=C\CCCCCCCCCC(=O)OCC(COC(=O)CCCCCCC\C=C/C=C\C=C/C=C\CCCCC)OC(=O)CCCCCCCCC/C=C\CCCCCC. The van der Waals surface area contributed by atoms with Gasteiger partial charge < -0.3 is 14.2 Å². The molecule has 0 saturated heterocycles. The molecule has 0 amide bonds. The van der Waals surface area contributed by atoms with E-state index in [1.54, 1.807) is 0 Å². The van der Waals surface area contributed by atoms with Crippen molar-refractivity contribution in [2.45, 2.75) is 258 Å². The topological polar surface area (TPSA) is 78.9 Å². The normalized spacial score (nSPS) is 12.7. The van der Waals surface area contributed by atoms with Crippen molar-refractivity contribution in [3.05, 3.63) is 85.1 Å². The second kappa shape index (κ2) is 53.2. The minimum atomic E-state index is -0.792. The van der Waals surface area contributed by atoms with Crippen molar-refractivity contribution in [2.24, 2.45) is 0 Å². The van der Waals surface area contributed by atoms with Gasteiger partial charge in [0.25, 0.3) is 0 Å². The molecule has 6 nitrogen and oxygen atoms in total. The molecule has 0 spiro atoms. The van der Waals surface area contributed by atoms with Gasteiger partial charge in [-0.2, -0.15) is 0 Å². The Bertz CT molecular complexity index is 1270. The van der Waals surface area contributed by atoms with Crippen molar-refractivity contribution >= 4 is 17.9 Å². The summed E-state index contributed by atoms with van der Waals surface area (Å²) in [7, 11) is 0. The van der Waals surface area contributed by atoms with Crippen LogP contribution in [0.5, 0.6) is 0 Å². The Balaban J connectivity index is 4.45. The maximum Gasteiger partial charge on any atom is 0.306 e. The van der Waals surface area contributed by atoms with Crippen molar-refractivity contribution < 1.29 is 28.6 Å². The van der Waals surface area contributed by atoms with E-state index in [0.29, 0.717) is 19.3 Å². The minimum Gasteiger partial charge on any atom is -0.462 e. The molecule has 0 aromatic rings. The zero-order chi connectivity index (χ0) is 47.2. The van der Waals surface area contributed by atoms with Gasteiger partial charge in [-0.3, -0.25) is 14.4 Å². The van der Waals surface area contributed by atoms with Crippen molar-refractivity contribution in [2.75, 3.05) is 13.2 Å². The van der Waals surface area contributed by atoms with E-state index in [1.807, 2.05) is 0 Å². The van der Waals surface area contributed by atoms with Gasteiger partial charge in [-0.25, -0.2) is 0 Å². The molecule has 0 radical (unpaired) electrons. The first-order valence-corrected chi connectivity index (χ1v) is 27.1. The van der Waals surface area contributed by atoms with Crippen molar-refractivity contribution in [3.63, 3.8) is 0 Å². The predicted molar refractivity (Wildman–Crippen MR) is 279 cm³/mol. The van der Waals surface area contributed by atoms with Crippen LogP contribution in [0.25, 0.3) is 0 Å². The maximum absolute atomic E-state index is 12.8. The first-order valence-electron chi connectivity index (χ1n) is 27.1. The lowest BCUT2D eigenvalue weighted by Crippen LogP contribution is -2.30. The van der Waals surface area contributed by atoms with Gasteiger partial charge in [0, 0.05) is 19.3 Å². The molecule has 0 aliphatic rings. The highest BCUT2D eigenvalue weighted by Crippen LogP contribution is 2.14. The van der Waals surface area contributed by atoms with E-state index in [9.17, 15) is 14.4 Å². The van der Waals surface area contributed by atoms with E-state index in [-0.39, 0.29) is 31.1 Å². The lowest BCUT2D eigenvalue weighted by Gasteiger charge is -2.18. The van der Waals surface area contributed by atoms with E-state index in [1.165, 1.54) is 109 Å². The molecule has 0 aliphatic heterocycles. The third-order valence-corrected chi connectivity index (χ3v) is 11.4. The molecule has 0 aromatic carbocycles. The minimum absolute atomic E-state index is 0.0906. The Morgan fingerprint density at radius 1 is 0.338 bits per heavy atom. The summed E-state index contributed by atoms with van der Waals surface area (Å²) in [5.74, 6) is -0.924. The molecular weight excluding hydrogens is 805 g/mol. The van der Waals surface area contributed by atoms with Gasteiger partial charge in [-0.1, -0.05) is 221 Å². The van der Waals surface area contributed by atoms with Crippen LogP contribution in [0.3, 0.4) is 0 Å². The number of carbonyl (C=O) groups excluding carboxylic acids is 3. The lowest BCUT2D eigenvalue weighted by molar-refractivity contribution is -0.167. The van der Waals surface area contributed by atoms with Gasteiger partial charge in [-0.05, 0) is 96.3 Å². The molecule has 1 unspecified atom stereocenters. The summed E-state index contributed by atoms with van der Waals surface area (Å²) in [5.41, 5.74) is 0. The standard InChI is InChI=1S/C59H100O6/c1-4-7-10-13-16-19-22-25-28-29-30-32-34-37-40-43-46-49-52-58(61)64-55-56(54-63-57(60)51-48-45-42-39-36-33-27-24-21-18-15-12-9-6-3)65-59(62)53-50-47-44-41-38-35-31-26-23-20-17-14-11-8-5-2/h9,12,16,18-23,25,28-30,32,56H,4-8,10-11,13-15,17,24,26-27,31,33-55H2,1-3H3/b12-9-,19-16-,21-18-,23-20-,25-22-,29-28-,32-30-. The molecule has 0 bridgehead atoms. The van der Waals surface area contributed by atoms with Crippen LogP contribution in [0.4, 0.5) is 0 Å². The van der Waals surface area contributed by atoms with E-state index in [2.05, 4.69) is 106 Å². The number of ether oxygens (including phenoxy) is 3. The molecular formula is C59H100O6. The smallest absolute Gasteiger partial charge is 0.306 e. The molecule has 0 saturated carbocycles. The first-order chi connectivity index (χ1) is 32.0. The molecule has 0 N–H and O–H groups in total. The van der Waals surface area contributed by atoms with Crippen molar-refractivity contribution in [1.29, 1.82) is 0 Å². The largest absolute Gasteiger partial charge is 0.462 e. The number of allylic oxidation sites excluding steroid dienone is 14. The molecule has 65 heavy (non-hydrogen) atoms. The average Bonchev–Trinajstić information content (AvgIpc) is 3.30. The maximum atomic E-state index is 12.8. The van der Waals surface area contributed by atoms with Crippen LogP contribution in [-0.4, -0.2) is 37.2 Å². The first kappa shape index (κ1) is 61.6. The highest BCUT2D eigenvalue weighted by Gasteiger charge is 2.19. The quantitative estimate of drug-likeness (QED) is 0.0199. The average molecular weight is 905 g/mol. The van der Waals surface area contributed by atoms with Crippen LogP contribution < -0.4 is 0 Å². The van der Waals surface area contributed by atoms with Crippen LogP contribution in [0.2, 0.25) is 0 Å². The van der Waals surface area contributed by atoms with Gasteiger partial charge >= 0.3 is 17.9 Å². The monoisotopic (exact) mass is 905 g/mol. The lowest BCUT2D eigenvalue weighted by atomic mass is 10.1. The van der Waals surface area contributed by atoms with Gasteiger partial charge in [0.05, 0.1) is 0 Å². The molecule has 372 valence electrons. The van der Waals surface area contributed by atoms with Crippen molar-refractivity contribution in [3.8, 4) is 0 Å². The van der Waals surface area contributed by atoms with E-state index < -0.39 is 6.10 Å². The Hall–Kier alpha value is -3.41. The summed E-state index contributed by atoms with van der Waals surface area (Å²) in [6.45, 7) is 6.46. The zero-order valence-electron chi connectivity index (χ0n) is 42.5. The van der Waals surface area contributed by atoms with Crippen LogP contribution >= 0.6 is 0 Å². The van der Waals surface area contributed by atoms with Crippen LogP contribution in [0.1, 0.15) is 252 Å². The highest BCUT2D eigenvalue weighted by molar-refractivity contribution is 5.71. The summed E-state index contributed by atoms with van der Waals surface area (Å²) < 4.78 is 16.8. The Morgan fingerprint density at radius 2 is 0.662 bits per heavy atom. The number of carbonyl (C=O) groups is 3. The second-order valence-electron chi connectivity index (χ2n) is 17.8. The van der Waals surface area contributed by atoms with Gasteiger partial charge in [0.2, 0.25) is 0 Å². The Kier molecular flexibility index (Phi) is 50.4. The number of hydrogen-bond donors (Lipinski definition) is 0. The summed E-state index contributed by atoms with van der Waals surface area (Å²) in [4.78, 5) is 38.1. The summed E-state index contributed by atoms with van der Waals surface area (Å²) >= 11 is 0. The van der Waals surface area contributed by atoms with E-state index >= 15 is 0 Å². The molecule has 1 atom stereocenters. The summed E-state index contributed by atoms with van der Waals surface area (Å²) in [6.07, 6.45) is 68.4. The fraction of sp³-hybridized carbons (Fsp3) is 0.712. The van der Waals surface area contributed by atoms with E-state index in [0.717, 1.165) is 103 Å². The van der Waals surface area contributed by atoms with Gasteiger partial charge in [0.1, 0.15) is 13.2 Å². The van der Waals surface area contributed by atoms with E-state index in [4.69, 9.17) is 14.2 Å². The van der Waals surface area contributed by atoms with Gasteiger partial charge in [0.15, 0.2) is 6.10 Å². The second-order valence-corrected chi connectivity index (χ2v) is 17.8. The third-order valence-electron chi connectivity index (χ3n) is 11.4. The third kappa shape index (κ3) is 51.4. The Labute approximate surface area is 401 Å².